The van der Waals surface area contributed by atoms with Crippen molar-refractivity contribution in [3.63, 3.8) is 0 Å². The highest BCUT2D eigenvalue weighted by molar-refractivity contribution is 7.19. The van der Waals surface area contributed by atoms with Crippen molar-refractivity contribution in [1.29, 1.82) is 0 Å². The molecule has 0 amide bonds. The number of thiophene rings is 1. The Kier molecular flexibility index (Phi) is 2.30. The molecule has 1 aromatic carbocycles. The Hall–Kier alpha value is -0.860. The second-order valence-corrected chi connectivity index (χ2v) is 6.20. The monoisotopic (exact) mass is 232 g/mol. The quantitative estimate of drug-likeness (QED) is 0.661. The van der Waals surface area contributed by atoms with Gasteiger partial charge in [0.2, 0.25) is 0 Å². The van der Waals surface area contributed by atoms with Crippen molar-refractivity contribution < 1.29 is 4.48 Å². The van der Waals surface area contributed by atoms with E-state index >= 15 is 0 Å². The normalized spacial score (nSPS) is 24.6. The van der Waals surface area contributed by atoms with Crippen molar-refractivity contribution in [3.05, 3.63) is 34.7 Å². The van der Waals surface area contributed by atoms with Gasteiger partial charge in [-0.3, -0.25) is 0 Å². The van der Waals surface area contributed by atoms with E-state index in [4.69, 9.17) is 0 Å². The first-order chi connectivity index (χ1) is 7.72. The number of nitrogens with zero attached hydrogens (tertiary/aromatic N) is 1. The van der Waals surface area contributed by atoms with Crippen molar-refractivity contribution in [2.45, 2.75) is 19.9 Å². The summed E-state index contributed by atoms with van der Waals surface area (Å²) < 4.78 is 2.68. The number of likely N-dealkylation sites (N-methyl/N-ethyl adjacent to an activating group) is 1. The van der Waals surface area contributed by atoms with E-state index in [1.807, 2.05) is 11.3 Å². The van der Waals surface area contributed by atoms with Gasteiger partial charge in [-0.1, -0.05) is 18.2 Å². The first-order valence-electron chi connectivity index (χ1n) is 6.05. The van der Waals surface area contributed by atoms with Gasteiger partial charge in [0, 0.05) is 11.1 Å². The fourth-order valence-corrected chi connectivity index (χ4v) is 4.05. The van der Waals surface area contributed by atoms with Gasteiger partial charge < -0.3 is 4.48 Å². The minimum absolute atomic E-state index is 1.21. The molecule has 1 aliphatic heterocycles. The Labute approximate surface area is 101 Å². The molecular formula is C14H18NS+. The lowest BCUT2D eigenvalue weighted by atomic mass is 10.0. The van der Waals surface area contributed by atoms with Gasteiger partial charge in [0.15, 0.2) is 0 Å². The summed E-state index contributed by atoms with van der Waals surface area (Å²) in [6.45, 7) is 6.07. The molecule has 0 saturated heterocycles. The van der Waals surface area contributed by atoms with Crippen LogP contribution in [-0.2, 0) is 13.0 Å². The Morgan fingerprint density at radius 2 is 2.12 bits per heavy atom. The second-order valence-electron chi connectivity index (χ2n) is 5.07. The maximum atomic E-state index is 2.38. The lowest BCUT2D eigenvalue weighted by Gasteiger charge is -2.36. The zero-order valence-corrected chi connectivity index (χ0v) is 10.8. The third kappa shape index (κ3) is 1.48. The van der Waals surface area contributed by atoms with E-state index in [2.05, 4.69) is 38.2 Å². The van der Waals surface area contributed by atoms with Gasteiger partial charge in [-0.15, -0.1) is 11.3 Å². The molecular weight excluding hydrogens is 214 g/mol. The molecule has 2 heteroatoms. The predicted molar refractivity (Wildman–Crippen MR) is 70.8 cm³/mol. The van der Waals surface area contributed by atoms with Gasteiger partial charge >= 0.3 is 0 Å². The van der Waals surface area contributed by atoms with E-state index in [0.717, 1.165) is 0 Å². The molecule has 0 N–H and O–H groups in total. The van der Waals surface area contributed by atoms with Crippen molar-refractivity contribution in [1.82, 2.24) is 0 Å². The van der Waals surface area contributed by atoms with Crippen LogP contribution >= 0.6 is 11.3 Å². The van der Waals surface area contributed by atoms with Crippen LogP contribution < -0.4 is 0 Å². The molecule has 0 fully saturated rings. The molecule has 3 rings (SSSR count). The topological polar surface area (TPSA) is 0 Å². The molecule has 0 radical (unpaired) electrons. The molecule has 2 aromatic rings. The van der Waals surface area contributed by atoms with Crippen LogP contribution in [0, 0.1) is 0 Å². The van der Waals surface area contributed by atoms with Gasteiger partial charge in [0.05, 0.1) is 25.0 Å². The third-order valence-corrected chi connectivity index (χ3v) is 5.17. The highest BCUT2D eigenvalue weighted by Gasteiger charge is 2.29. The SMILES string of the molecule is CC[N+]1(C)CCc2c(sc3ccccc23)C1. The molecule has 0 bridgehead atoms. The molecule has 84 valence electrons. The molecule has 0 saturated carbocycles. The number of quaternary nitrogens is 1. The van der Waals surface area contributed by atoms with Crippen LogP contribution in [0.15, 0.2) is 24.3 Å². The van der Waals surface area contributed by atoms with Gasteiger partial charge in [0.25, 0.3) is 0 Å². The summed E-state index contributed by atoms with van der Waals surface area (Å²) in [5.74, 6) is 0. The van der Waals surface area contributed by atoms with Crippen LogP contribution in [0.3, 0.4) is 0 Å². The summed E-state index contributed by atoms with van der Waals surface area (Å²) in [5, 5.41) is 1.50. The summed E-state index contributed by atoms with van der Waals surface area (Å²) in [7, 11) is 2.38. The van der Waals surface area contributed by atoms with Crippen molar-refractivity contribution in [2.24, 2.45) is 0 Å². The van der Waals surface area contributed by atoms with Crippen LogP contribution in [0.2, 0.25) is 0 Å². The summed E-state index contributed by atoms with van der Waals surface area (Å²) in [6, 6.07) is 8.86. The van der Waals surface area contributed by atoms with Crippen molar-refractivity contribution in [3.8, 4) is 0 Å². The smallest absolute Gasteiger partial charge is 0.114 e. The van der Waals surface area contributed by atoms with Crippen LogP contribution in [-0.4, -0.2) is 24.6 Å². The molecule has 0 aliphatic carbocycles. The van der Waals surface area contributed by atoms with Crippen LogP contribution in [0.25, 0.3) is 10.1 Å². The summed E-state index contributed by atoms with van der Waals surface area (Å²) in [5.41, 5.74) is 1.63. The zero-order valence-electron chi connectivity index (χ0n) is 9.99. The molecule has 0 spiro atoms. The average Bonchev–Trinajstić information content (AvgIpc) is 2.66. The summed E-state index contributed by atoms with van der Waals surface area (Å²) in [4.78, 5) is 1.62. The number of rotatable bonds is 1. The van der Waals surface area contributed by atoms with Gasteiger partial charge in [-0.2, -0.15) is 0 Å². The van der Waals surface area contributed by atoms with Gasteiger partial charge in [-0.25, -0.2) is 0 Å². The molecule has 1 unspecified atom stereocenters. The number of hydrogen-bond donors (Lipinski definition) is 0. The molecule has 1 atom stereocenters. The fourth-order valence-electron chi connectivity index (χ4n) is 2.63. The van der Waals surface area contributed by atoms with Crippen LogP contribution in [0.5, 0.6) is 0 Å². The Bertz CT molecular complexity index is 529. The average molecular weight is 232 g/mol. The van der Waals surface area contributed by atoms with Gasteiger partial charge in [0.1, 0.15) is 6.54 Å². The minimum atomic E-state index is 1.21. The maximum Gasteiger partial charge on any atom is 0.114 e. The molecule has 1 aliphatic rings. The van der Waals surface area contributed by atoms with E-state index in [-0.39, 0.29) is 0 Å². The number of hydrogen-bond acceptors (Lipinski definition) is 1. The highest BCUT2D eigenvalue weighted by Crippen LogP contribution is 2.36. The molecule has 2 heterocycles. The largest absolute Gasteiger partial charge is 0.322 e. The summed E-state index contributed by atoms with van der Waals surface area (Å²) in [6.07, 6.45) is 1.25. The van der Waals surface area contributed by atoms with Gasteiger partial charge in [-0.05, 0) is 23.9 Å². The standard InChI is InChI=1S/C14H18NS/c1-3-15(2)9-8-12-11-6-4-5-7-13(11)16-14(12)10-15/h4-7H,3,8-10H2,1-2H3/q+1. The third-order valence-electron chi connectivity index (χ3n) is 3.97. The summed E-state index contributed by atoms with van der Waals surface area (Å²) >= 11 is 2.00. The lowest BCUT2D eigenvalue weighted by molar-refractivity contribution is -0.922. The molecule has 1 nitrogen and oxygen atoms in total. The number of benzene rings is 1. The van der Waals surface area contributed by atoms with E-state index in [0.29, 0.717) is 0 Å². The predicted octanol–water partition coefficient (Wildman–Crippen LogP) is 3.42. The van der Waals surface area contributed by atoms with Crippen molar-refractivity contribution in [2.75, 3.05) is 20.1 Å². The Balaban J connectivity index is 2.13. The van der Waals surface area contributed by atoms with E-state index in [1.165, 1.54) is 40.6 Å². The Morgan fingerprint density at radius 1 is 1.31 bits per heavy atom. The second kappa shape index (κ2) is 3.57. The minimum Gasteiger partial charge on any atom is -0.322 e. The van der Waals surface area contributed by atoms with Crippen LogP contribution in [0.1, 0.15) is 17.4 Å². The van der Waals surface area contributed by atoms with E-state index < -0.39 is 0 Å². The maximum absolute atomic E-state index is 2.38. The first kappa shape index (κ1) is 10.3. The van der Waals surface area contributed by atoms with Crippen LogP contribution in [0.4, 0.5) is 0 Å². The first-order valence-corrected chi connectivity index (χ1v) is 6.86. The fraction of sp³-hybridized carbons (Fsp3) is 0.429. The lowest BCUT2D eigenvalue weighted by Crippen LogP contribution is -2.46. The van der Waals surface area contributed by atoms with E-state index in [1.54, 1.807) is 10.4 Å². The van der Waals surface area contributed by atoms with E-state index in [9.17, 15) is 0 Å². The van der Waals surface area contributed by atoms with Crippen molar-refractivity contribution >= 4 is 21.4 Å². The zero-order chi connectivity index (χ0) is 11.2. The Morgan fingerprint density at radius 3 is 2.94 bits per heavy atom. The molecule has 1 aromatic heterocycles. The molecule has 16 heavy (non-hydrogen) atoms. The highest BCUT2D eigenvalue weighted by atomic mass is 32.1. The number of fused-ring (bicyclic) bond motifs is 3.